The molecule has 0 saturated heterocycles. The van der Waals surface area contributed by atoms with Crippen LogP contribution in [0.15, 0.2) is 48.5 Å². The van der Waals surface area contributed by atoms with Gasteiger partial charge in [0, 0.05) is 18.0 Å². The second-order valence-electron chi connectivity index (χ2n) is 4.70. The van der Waals surface area contributed by atoms with Gasteiger partial charge >= 0.3 is 0 Å². The highest BCUT2D eigenvalue weighted by atomic mass is 35.5. The highest BCUT2D eigenvalue weighted by molar-refractivity contribution is 5.85. The Morgan fingerprint density at radius 1 is 1.00 bits per heavy atom. The molecule has 0 atom stereocenters. The van der Waals surface area contributed by atoms with Gasteiger partial charge in [-0.2, -0.15) is 0 Å². The van der Waals surface area contributed by atoms with Crippen molar-refractivity contribution < 1.29 is 9.13 Å². The minimum atomic E-state index is -0.286. The first-order valence-electron chi connectivity index (χ1n) is 6.64. The molecule has 122 valence electrons. The van der Waals surface area contributed by atoms with Crippen molar-refractivity contribution in [2.24, 2.45) is 0 Å². The van der Waals surface area contributed by atoms with Crippen LogP contribution in [0.2, 0.25) is 0 Å². The molecule has 6 heteroatoms. The van der Waals surface area contributed by atoms with Gasteiger partial charge in [-0.1, -0.05) is 12.1 Å². The minimum absolute atomic E-state index is 0. The topological polar surface area (TPSA) is 34.1 Å². The van der Waals surface area contributed by atoms with Crippen molar-refractivity contribution in [1.82, 2.24) is 4.98 Å². The molecule has 23 heavy (non-hydrogen) atoms. The second kappa shape index (κ2) is 7.99. The van der Waals surface area contributed by atoms with Gasteiger partial charge in [0.1, 0.15) is 11.6 Å². The van der Waals surface area contributed by atoms with Gasteiger partial charge < -0.3 is 10.1 Å². The maximum Gasteiger partial charge on any atom is 0.146 e. The maximum atomic E-state index is 13.8. The predicted octanol–water partition coefficient (Wildman–Crippen LogP) is 4.93. The van der Waals surface area contributed by atoms with Gasteiger partial charge in [0.05, 0.1) is 24.0 Å². The van der Waals surface area contributed by atoms with Crippen LogP contribution in [0.4, 0.5) is 10.1 Å². The van der Waals surface area contributed by atoms with E-state index < -0.39 is 0 Å². The zero-order valence-corrected chi connectivity index (χ0v) is 14.3. The number of methoxy groups -OCH3 is 1. The summed E-state index contributed by atoms with van der Waals surface area (Å²) in [5, 5.41) is 3.80. The van der Waals surface area contributed by atoms with Crippen LogP contribution in [0, 0.1) is 5.82 Å². The molecule has 0 aliphatic carbocycles. The van der Waals surface area contributed by atoms with Gasteiger partial charge in [-0.15, -0.1) is 24.8 Å². The van der Waals surface area contributed by atoms with Crippen LogP contribution in [-0.4, -0.2) is 19.1 Å². The summed E-state index contributed by atoms with van der Waals surface area (Å²) in [5.41, 5.74) is 2.83. The van der Waals surface area contributed by atoms with E-state index in [1.165, 1.54) is 6.07 Å². The van der Waals surface area contributed by atoms with E-state index in [2.05, 4.69) is 10.3 Å². The molecule has 1 heterocycles. The molecule has 3 rings (SSSR count). The van der Waals surface area contributed by atoms with Crippen LogP contribution in [0.3, 0.4) is 0 Å². The Balaban J connectivity index is 0.00000132. The summed E-state index contributed by atoms with van der Waals surface area (Å²) in [7, 11) is 3.33. The zero-order chi connectivity index (χ0) is 14.8. The van der Waals surface area contributed by atoms with E-state index in [0.717, 1.165) is 27.9 Å². The largest absolute Gasteiger partial charge is 0.497 e. The molecular formula is C17H17Cl2FN2O. The standard InChI is InChI=1S/C17H15FN2O.2ClH/c1-19-17-7-4-12(10-14(17)18)15-6-3-11-9-13(21-2)5-8-16(11)20-15;;/h3-10,19H,1-2H3;2*1H. The molecule has 0 fully saturated rings. The molecule has 0 aliphatic heterocycles. The number of nitrogens with one attached hydrogen (secondary N) is 1. The molecule has 1 aromatic heterocycles. The van der Waals surface area contributed by atoms with Gasteiger partial charge in [-0.25, -0.2) is 9.37 Å². The van der Waals surface area contributed by atoms with Gasteiger partial charge in [-0.3, -0.25) is 0 Å². The lowest BCUT2D eigenvalue weighted by Gasteiger charge is -2.07. The molecule has 1 N–H and O–H groups in total. The van der Waals surface area contributed by atoms with Crippen LogP contribution >= 0.6 is 24.8 Å². The summed E-state index contributed by atoms with van der Waals surface area (Å²) in [5.74, 6) is 0.507. The minimum Gasteiger partial charge on any atom is -0.497 e. The molecule has 3 nitrogen and oxygen atoms in total. The molecule has 3 aromatic rings. The van der Waals surface area contributed by atoms with Gasteiger partial charge in [0.15, 0.2) is 0 Å². The maximum absolute atomic E-state index is 13.8. The molecule has 0 unspecified atom stereocenters. The number of hydrogen-bond acceptors (Lipinski definition) is 3. The molecular weight excluding hydrogens is 338 g/mol. The number of benzene rings is 2. The Morgan fingerprint density at radius 3 is 2.43 bits per heavy atom. The lowest BCUT2D eigenvalue weighted by atomic mass is 10.1. The average molecular weight is 355 g/mol. The van der Waals surface area contributed by atoms with E-state index in [1.54, 1.807) is 20.2 Å². The van der Waals surface area contributed by atoms with E-state index >= 15 is 0 Å². The molecule has 0 radical (unpaired) electrons. The summed E-state index contributed by atoms with van der Waals surface area (Å²) in [6.45, 7) is 0. The Labute approximate surface area is 146 Å². The van der Waals surface area contributed by atoms with Gasteiger partial charge in [0.2, 0.25) is 0 Å². The van der Waals surface area contributed by atoms with Crippen LogP contribution < -0.4 is 10.1 Å². The first-order chi connectivity index (χ1) is 10.2. The molecule has 0 spiro atoms. The summed E-state index contributed by atoms with van der Waals surface area (Å²) in [4.78, 5) is 4.57. The molecule has 0 bridgehead atoms. The van der Waals surface area contributed by atoms with E-state index in [9.17, 15) is 4.39 Å². The number of pyridine rings is 1. The van der Waals surface area contributed by atoms with Crippen molar-refractivity contribution in [3.05, 3.63) is 54.3 Å². The van der Waals surface area contributed by atoms with Crippen LogP contribution in [0.5, 0.6) is 5.75 Å². The molecule has 0 aliphatic rings. The van der Waals surface area contributed by atoms with E-state index in [-0.39, 0.29) is 30.6 Å². The van der Waals surface area contributed by atoms with E-state index in [1.807, 2.05) is 36.4 Å². The first-order valence-corrected chi connectivity index (χ1v) is 6.64. The van der Waals surface area contributed by atoms with E-state index in [0.29, 0.717) is 5.69 Å². The smallest absolute Gasteiger partial charge is 0.146 e. The highest BCUT2D eigenvalue weighted by Crippen LogP contribution is 2.26. The monoisotopic (exact) mass is 354 g/mol. The Bertz CT molecular complexity index is 812. The van der Waals surface area contributed by atoms with Crippen LogP contribution in [0.1, 0.15) is 0 Å². The fraction of sp³-hybridized carbons (Fsp3) is 0.118. The number of anilines is 1. The number of hydrogen-bond donors (Lipinski definition) is 1. The van der Waals surface area contributed by atoms with Crippen molar-refractivity contribution in [2.45, 2.75) is 0 Å². The third-order valence-corrected chi connectivity index (χ3v) is 3.43. The summed E-state index contributed by atoms with van der Waals surface area (Å²) >= 11 is 0. The predicted molar refractivity (Wildman–Crippen MR) is 97.7 cm³/mol. The summed E-state index contributed by atoms with van der Waals surface area (Å²) < 4.78 is 19.0. The third kappa shape index (κ3) is 3.84. The number of nitrogens with zero attached hydrogens (tertiary/aromatic N) is 1. The van der Waals surface area contributed by atoms with Crippen molar-refractivity contribution in [3.8, 4) is 17.0 Å². The average Bonchev–Trinajstić information content (AvgIpc) is 2.53. The number of ether oxygens (including phenoxy) is 1. The number of aromatic nitrogens is 1. The van der Waals surface area contributed by atoms with Crippen LogP contribution in [0.25, 0.3) is 22.2 Å². The number of halogens is 3. The van der Waals surface area contributed by atoms with Gasteiger partial charge in [-0.05, 0) is 36.4 Å². The SMILES string of the molecule is CNc1ccc(-c2ccc3cc(OC)ccc3n2)cc1F.Cl.Cl. The number of fused-ring (bicyclic) bond motifs is 1. The van der Waals surface area contributed by atoms with Crippen molar-refractivity contribution in [2.75, 3.05) is 19.5 Å². The van der Waals surface area contributed by atoms with Crippen molar-refractivity contribution in [3.63, 3.8) is 0 Å². The number of rotatable bonds is 3. The fourth-order valence-corrected chi connectivity index (χ4v) is 2.27. The van der Waals surface area contributed by atoms with Crippen LogP contribution in [-0.2, 0) is 0 Å². The van der Waals surface area contributed by atoms with E-state index in [4.69, 9.17) is 4.74 Å². The third-order valence-electron chi connectivity index (χ3n) is 3.43. The zero-order valence-electron chi connectivity index (χ0n) is 12.7. The first kappa shape index (κ1) is 19.0. The summed E-state index contributed by atoms with van der Waals surface area (Å²) in [6.07, 6.45) is 0. The van der Waals surface area contributed by atoms with Crippen molar-refractivity contribution in [1.29, 1.82) is 0 Å². The fourth-order valence-electron chi connectivity index (χ4n) is 2.27. The molecule has 2 aromatic carbocycles. The molecule has 0 saturated carbocycles. The normalized spacial score (nSPS) is 9.70. The highest BCUT2D eigenvalue weighted by Gasteiger charge is 2.06. The van der Waals surface area contributed by atoms with Gasteiger partial charge in [0.25, 0.3) is 0 Å². The van der Waals surface area contributed by atoms with Crippen molar-refractivity contribution >= 4 is 41.4 Å². The lowest BCUT2D eigenvalue weighted by molar-refractivity contribution is 0.415. The quantitative estimate of drug-likeness (QED) is 0.723. The summed E-state index contributed by atoms with van der Waals surface area (Å²) in [6, 6.07) is 14.6. The second-order valence-corrected chi connectivity index (χ2v) is 4.70. The lowest BCUT2D eigenvalue weighted by Crippen LogP contribution is -1.93. The Hall–Kier alpha value is -2.04. The molecule has 0 amide bonds. The Morgan fingerprint density at radius 2 is 1.78 bits per heavy atom. The Kier molecular flexibility index (Phi) is 6.61.